The molecule has 1 aromatic carbocycles. The topological polar surface area (TPSA) is 87.7 Å². The molecule has 2 heterocycles. The summed E-state index contributed by atoms with van der Waals surface area (Å²) in [6.45, 7) is 0. The summed E-state index contributed by atoms with van der Waals surface area (Å²) in [5.74, 6) is -1.13. The summed E-state index contributed by atoms with van der Waals surface area (Å²) in [7, 11) is 0. The number of aromatic carboxylic acids is 1. The van der Waals surface area contributed by atoms with Crippen LogP contribution < -0.4 is 10.6 Å². The van der Waals surface area contributed by atoms with Gasteiger partial charge in [-0.15, -0.1) is 0 Å². The lowest BCUT2D eigenvalue weighted by molar-refractivity contribution is 0.0697. The van der Waals surface area contributed by atoms with Gasteiger partial charge < -0.3 is 20.5 Å². The molecule has 2 amide bonds. The first-order valence-electron chi connectivity index (χ1n) is 6.79. The molecule has 2 aliphatic rings. The number of nitrogens with one attached hydrogen (secondary N) is 2. The first-order valence-corrected chi connectivity index (χ1v) is 7.16. The molecule has 1 aromatic rings. The second-order valence-electron chi connectivity index (χ2n) is 5.31. The number of carboxylic acid groups (broad SMARTS) is 1. The molecule has 0 aromatic heterocycles. The largest absolute Gasteiger partial charge is 0.478 e. The summed E-state index contributed by atoms with van der Waals surface area (Å²) in [6, 6.07) is 4.00. The second kappa shape index (κ2) is 5.54. The van der Waals surface area contributed by atoms with Gasteiger partial charge in [-0.25, -0.2) is 9.59 Å². The summed E-state index contributed by atoms with van der Waals surface area (Å²) in [5, 5.41) is 14.6. The highest BCUT2D eigenvalue weighted by atomic mass is 35.5. The highest BCUT2D eigenvalue weighted by molar-refractivity contribution is 6.33. The van der Waals surface area contributed by atoms with Crippen molar-refractivity contribution in [3.05, 3.63) is 28.8 Å². The van der Waals surface area contributed by atoms with Crippen molar-refractivity contribution in [1.29, 1.82) is 0 Å². The SMILES string of the molecule is O=C(Nc1ccc(Cl)c(C(=O)O)c1)NC1CC2CCC1O2. The quantitative estimate of drug-likeness (QED) is 0.800. The van der Waals surface area contributed by atoms with Gasteiger partial charge in [-0.3, -0.25) is 0 Å². The van der Waals surface area contributed by atoms with Crippen molar-refractivity contribution in [1.82, 2.24) is 5.32 Å². The Hall–Kier alpha value is -1.79. The smallest absolute Gasteiger partial charge is 0.337 e. The molecule has 0 radical (unpaired) electrons. The number of anilines is 1. The number of rotatable bonds is 3. The Balaban J connectivity index is 1.62. The lowest BCUT2D eigenvalue weighted by atomic mass is 9.96. The van der Waals surface area contributed by atoms with E-state index < -0.39 is 5.97 Å². The number of hydrogen-bond donors (Lipinski definition) is 3. The minimum Gasteiger partial charge on any atom is -0.478 e. The summed E-state index contributed by atoms with van der Waals surface area (Å²) in [4.78, 5) is 22.9. The van der Waals surface area contributed by atoms with Gasteiger partial charge in [-0.1, -0.05) is 11.6 Å². The molecule has 0 spiro atoms. The minimum absolute atomic E-state index is 0.0231. The highest BCUT2D eigenvalue weighted by Gasteiger charge is 2.41. The molecule has 0 saturated carbocycles. The summed E-state index contributed by atoms with van der Waals surface area (Å²) in [6.07, 6.45) is 3.22. The van der Waals surface area contributed by atoms with E-state index in [1.807, 2.05) is 0 Å². The van der Waals surface area contributed by atoms with E-state index in [1.165, 1.54) is 12.1 Å². The molecule has 6 nitrogen and oxygen atoms in total. The first-order chi connectivity index (χ1) is 10.0. The number of amides is 2. The molecule has 3 atom stereocenters. The van der Waals surface area contributed by atoms with E-state index in [2.05, 4.69) is 10.6 Å². The van der Waals surface area contributed by atoms with Gasteiger partial charge in [0.2, 0.25) is 0 Å². The van der Waals surface area contributed by atoms with Crippen LogP contribution in [0.5, 0.6) is 0 Å². The monoisotopic (exact) mass is 310 g/mol. The van der Waals surface area contributed by atoms with Crippen molar-refractivity contribution in [2.75, 3.05) is 5.32 Å². The predicted molar refractivity (Wildman–Crippen MR) is 76.9 cm³/mol. The van der Waals surface area contributed by atoms with Crippen molar-refractivity contribution in [3.8, 4) is 0 Å². The number of benzene rings is 1. The number of hydrogen-bond acceptors (Lipinski definition) is 3. The van der Waals surface area contributed by atoms with Crippen LogP contribution in [0.2, 0.25) is 5.02 Å². The number of fused-ring (bicyclic) bond motifs is 2. The normalized spacial score (nSPS) is 26.6. The third-order valence-electron chi connectivity index (χ3n) is 3.88. The average molecular weight is 311 g/mol. The third-order valence-corrected chi connectivity index (χ3v) is 4.21. The number of ether oxygens (including phenoxy) is 1. The lowest BCUT2D eigenvalue weighted by Gasteiger charge is -2.20. The molecular formula is C14H15ClN2O4. The van der Waals surface area contributed by atoms with Crippen molar-refractivity contribution >= 4 is 29.3 Å². The van der Waals surface area contributed by atoms with Crippen LogP contribution in [0.1, 0.15) is 29.6 Å². The van der Waals surface area contributed by atoms with Crippen LogP contribution in [-0.2, 0) is 4.74 Å². The van der Waals surface area contributed by atoms with Gasteiger partial charge in [0.1, 0.15) is 0 Å². The highest BCUT2D eigenvalue weighted by Crippen LogP contribution is 2.34. The van der Waals surface area contributed by atoms with E-state index in [0.717, 1.165) is 19.3 Å². The molecule has 2 fully saturated rings. The molecule has 0 aliphatic carbocycles. The second-order valence-corrected chi connectivity index (χ2v) is 5.72. The van der Waals surface area contributed by atoms with Gasteiger partial charge in [-0.05, 0) is 37.5 Å². The minimum atomic E-state index is -1.13. The fourth-order valence-corrected chi connectivity index (χ4v) is 3.09. The van der Waals surface area contributed by atoms with E-state index in [0.29, 0.717) is 5.69 Å². The lowest BCUT2D eigenvalue weighted by Crippen LogP contribution is -2.43. The zero-order chi connectivity index (χ0) is 15.0. The molecule has 2 aliphatic heterocycles. The van der Waals surface area contributed by atoms with Crippen LogP contribution in [0.4, 0.5) is 10.5 Å². The van der Waals surface area contributed by atoms with Crippen molar-refractivity contribution in [2.45, 2.75) is 37.5 Å². The Bertz CT molecular complexity index is 592. The zero-order valence-electron chi connectivity index (χ0n) is 11.1. The van der Waals surface area contributed by atoms with Crippen molar-refractivity contribution in [3.63, 3.8) is 0 Å². The maximum absolute atomic E-state index is 12.0. The van der Waals surface area contributed by atoms with Gasteiger partial charge in [0.15, 0.2) is 0 Å². The van der Waals surface area contributed by atoms with Crippen LogP contribution >= 0.6 is 11.6 Å². The van der Waals surface area contributed by atoms with Gasteiger partial charge in [-0.2, -0.15) is 0 Å². The van der Waals surface area contributed by atoms with Gasteiger partial charge in [0, 0.05) is 5.69 Å². The standard InChI is InChI=1S/C14H15ClN2O4/c15-10-3-1-7(5-9(10)13(18)19)16-14(20)17-11-6-8-2-4-12(11)21-8/h1,3,5,8,11-12H,2,4,6H2,(H,18,19)(H2,16,17,20). The van der Waals surface area contributed by atoms with E-state index in [4.69, 9.17) is 21.4 Å². The summed E-state index contributed by atoms with van der Waals surface area (Å²) >= 11 is 5.78. The van der Waals surface area contributed by atoms with Crippen LogP contribution in [0.15, 0.2) is 18.2 Å². The van der Waals surface area contributed by atoms with Gasteiger partial charge in [0.25, 0.3) is 0 Å². The Kier molecular flexibility index (Phi) is 3.73. The molecule has 3 unspecified atom stereocenters. The fraction of sp³-hybridized carbons (Fsp3) is 0.429. The van der Waals surface area contributed by atoms with Crippen LogP contribution in [-0.4, -0.2) is 35.4 Å². The molecule has 2 saturated heterocycles. The molecule has 21 heavy (non-hydrogen) atoms. The Morgan fingerprint density at radius 1 is 1.33 bits per heavy atom. The molecule has 7 heteroatoms. The molecule has 3 rings (SSSR count). The van der Waals surface area contributed by atoms with Crippen LogP contribution in [0.25, 0.3) is 0 Å². The van der Waals surface area contributed by atoms with E-state index >= 15 is 0 Å². The Morgan fingerprint density at radius 2 is 2.14 bits per heavy atom. The molecule has 3 N–H and O–H groups in total. The van der Waals surface area contributed by atoms with Crippen LogP contribution in [0.3, 0.4) is 0 Å². The van der Waals surface area contributed by atoms with Crippen molar-refractivity contribution < 1.29 is 19.4 Å². The molecule has 112 valence electrons. The van der Waals surface area contributed by atoms with Crippen LogP contribution in [0, 0.1) is 0 Å². The average Bonchev–Trinajstić information content (AvgIpc) is 3.03. The Labute approximate surface area is 126 Å². The zero-order valence-corrected chi connectivity index (χ0v) is 11.9. The molecular weight excluding hydrogens is 296 g/mol. The van der Waals surface area contributed by atoms with Gasteiger partial charge >= 0.3 is 12.0 Å². The maximum atomic E-state index is 12.0. The number of urea groups is 1. The number of carbonyl (C=O) groups is 2. The number of halogens is 1. The summed E-state index contributed by atoms with van der Waals surface area (Å²) < 4.78 is 5.66. The number of carbonyl (C=O) groups excluding carboxylic acids is 1. The van der Waals surface area contributed by atoms with Gasteiger partial charge in [0.05, 0.1) is 28.8 Å². The predicted octanol–water partition coefficient (Wildman–Crippen LogP) is 2.48. The van der Waals surface area contributed by atoms with E-state index in [9.17, 15) is 9.59 Å². The maximum Gasteiger partial charge on any atom is 0.337 e. The first kappa shape index (κ1) is 14.2. The number of carboxylic acids is 1. The molecule has 2 bridgehead atoms. The van der Waals surface area contributed by atoms with Crippen molar-refractivity contribution in [2.24, 2.45) is 0 Å². The third kappa shape index (κ3) is 2.96. The fourth-order valence-electron chi connectivity index (χ4n) is 2.89. The van der Waals surface area contributed by atoms with E-state index in [-0.39, 0.29) is 34.9 Å². The summed E-state index contributed by atoms with van der Waals surface area (Å²) in [5.41, 5.74) is 0.344. The van der Waals surface area contributed by atoms with E-state index in [1.54, 1.807) is 6.07 Å². The Morgan fingerprint density at radius 3 is 2.76 bits per heavy atom.